The molecule has 0 radical (unpaired) electrons. The summed E-state index contributed by atoms with van der Waals surface area (Å²) in [6.07, 6.45) is 0.722. The molecule has 0 aromatic heterocycles. The molecular weight excluding hydrogens is 665 g/mol. The minimum atomic E-state index is -4.56. The van der Waals surface area contributed by atoms with Crippen molar-refractivity contribution in [2.75, 3.05) is 45.8 Å². The van der Waals surface area contributed by atoms with Crippen molar-refractivity contribution in [1.82, 2.24) is 10.2 Å². The van der Waals surface area contributed by atoms with Crippen molar-refractivity contribution < 1.29 is 41.3 Å². The third-order valence-electron chi connectivity index (χ3n) is 8.00. The van der Waals surface area contributed by atoms with Crippen LogP contribution < -0.4 is 28.6 Å². The second-order valence-electron chi connectivity index (χ2n) is 11.2. The molecule has 266 valence electrons. The van der Waals surface area contributed by atoms with Gasteiger partial charge in [0.05, 0.1) is 39.0 Å². The first kappa shape index (κ1) is 37.5. The highest BCUT2D eigenvalue weighted by Gasteiger charge is 2.36. The van der Waals surface area contributed by atoms with E-state index in [1.165, 1.54) is 81.9 Å². The topological polar surface area (TPSA) is 124 Å². The molecule has 4 rings (SSSR count). The van der Waals surface area contributed by atoms with E-state index in [1.807, 2.05) is 37.3 Å². The first-order valence-electron chi connectivity index (χ1n) is 15.9. The van der Waals surface area contributed by atoms with Gasteiger partial charge in [-0.25, -0.2) is 12.8 Å². The number of methoxy groups -OCH3 is 4. The van der Waals surface area contributed by atoms with Crippen molar-refractivity contribution in [3.8, 4) is 23.0 Å². The van der Waals surface area contributed by atoms with Crippen molar-refractivity contribution in [2.45, 2.75) is 37.2 Å². The normalized spacial score (nSPS) is 11.6. The molecule has 13 heteroatoms. The highest BCUT2D eigenvalue weighted by atomic mass is 32.2. The number of rotatable bonds is 17. The van der Waals surface area contributed by atoms with Crippen LogP contribution in [0.5, 0.6) is 23.0 Å². The summed E-state index contributed by atoms with van der Waals surface area (Å²) in [6.45, 7) is 1.13. The third-order valence-corrected chi connectivity index (χ3v) is 9.75. The molecule has 0 aliphatic carbocycles. The monoisotopic (exact) mass is 707 g/mol. The Labute approximate surface area is 292 Å². The largest absolute Gasteiger partial charge is 0.497 e. The summed E-state index contributed by atoms with van der Waals surface area (Å²) in [7, 11) is 1.02. The first-order chi connectivity index (χ1) is 24.1. The molecule has 0 saturated heterocycles. The molecule has 1 N–H and O–H groups in total. The molecule has 2 amide bonds. The van der Waals surface area contributed by atoms with Crippen molar-refractivity contribution >= 4 is 27.5 Å². The number of anilines is 1. The van der Waals surface area contributed by atoms with Gasteiger partial charge in [-0.15, -0.1) is 0 Å². The minimum absolute atomic E-state index is 0.00382. The van der Waals surface area contributed by atoms with E-state index >= 15 is 4.39 Å². The first-order valence-corrected chi connectivity index (χ1v) is 17.3. The van der Waals surface area contributed by atoms with Gasteiger partial charge in [0, 0.05) is 37.2 Å². The average molecular weight is 708 g/mol. The van der Waals surface area contributed by atoms with Crippen LogP contribution in [0, 0.1) is 5.82 Å². The molecule has 0 aliphatic heterocycles. The summed E-state index contributed by atoms with van der Waals surface area (Å²) in [5.74, 6) is -0.944. The lowest BCUT2D eigenvalue weighted by Crippen LogP contribution is -2.53. The molecule has 0 saturated carbocycles. The molecular formula is C37H42FN3O8S. The second kappa shape index (κ2) is 17.4. The van der Waals surface area contributed by atoms with Crippen LogP contribution in [0.15, 0.2) is 95.9 Å². The van der Waals surface area contributed by atoms with E-state index < -0.39 is 40.2 Å². The lowest BCUT2D eigenvalue weighted by atomic mass is 10.0. The zero-order valence-electron chi connectivity index (χ0n) is 28.7. The number of benzene rings is 4. The number of amides is 2. The molecule has 11 nitrogen and oxygen atoms in total. The zero-order chi connectivity index (χ0) is 36.3. The third kappa shape index (κ3) is 8.83. The molecule has 0 spiro atoms. The summed E-state index contributed by atoms with van der Waals surface area (Å²) < 4.78 is 66.9. The Kier molecular flexibility index (Phi) is 13.0. The van der Waals surface area contributed by atoms with Crippen LogP contribution in [-0.2, 0) is 32.6 Å². The smallest absolute Gasteiger partial charge is 0.265 e. The number of carbonyl (C=O) groups excluding carboxylic acids is 2. The van der Waals surface area contributed by atoms with Crippen LogP contribution >= 0.6 is 0 Å². The fraction of sp³-hybridized carbons (Fsp3) is 0.297. The van der Waals surface area contributed by atoms with Crippen LogP contribution in [0.1, 0.15) is 24.5 Å². The maximum Gasteiger partial charge on any atom is 0.265 e. The molecule has 0 unspecified atom stereocenters. The van der Waals surface area contributed by atoms with Crippen LogP contribution in [0.4, 0.5) is 10.1 Å². The molecule has 50 heavy (non-hydrogen) atoms. The molecule has 0 fully saturated rings. The van der Waals surface area contributed by atoms with E-state index in [9.17, 15) is 18.0 Å². The van der Waals surface area contributed by atoms with Gasteiger partial charge in [0.2, 0.25) is 11.8 Å². The van der Waals surface area contributed by atoms with E-state index in [0.29, 0.717) is 24.5 Å². The maximum absolute atomic E-state index is 15.2. The van der Waals surface area contributed by atoms with Gasteiger partial charge in [0.1, 0.15) is 29.9 Å². The predicted molar refractivity (Wildman–Crippen MR) is 188 cm³/mol. The van der Waals surface area contributed by atoms with E-state index in [0.717, 1.165) is 9.87 Å². The zero-order valence-corrected chi connectivity index (χ0v) is 29.5. The highest BCUT2D eigenvalue weighted by molar-refractivity contribution is 7.92. The molecule has 4 aromatic rings. The Morgan fingerprint density at radius 2 is 1.46 bits per heavy atom. The number of sulfonamides is 1. The summed E-state index contributed by atoms with van der Waals surface area (Å²) >= 11 is 0. The van der Waals surface area contributed by atoms with Gasteiger partial charge in [0.15, 0.2) is 11.5 Å². The lowest BCUT2D eigenvalue weighted by molar-refractivity contribution is -0.140. The van der Waals surface area contributed by atoms with Crippen molar-refractivity contribution in [3.05, 3.63) is 108 Å². The number of hydrogen-bond donors (Lipinski definition) is 1. The SMILES string of the molecule is CCCNC(=O)[C@@H](Cc1ccccc1)N(Cc1ccccc1F)C(=O)CN(c1cc(OC)ccc1OC)S(=O)(=O)c1ccc(OC)c(OC)c1. The summed E-state index contributed by atoms with van der Waals surface area (Å²) in [6, 6.07) is 22.5. The van der Waals surface area contributed by atoms with Gasteiger partial charge in [0.25, 0.3) is 10.0 Å². The van der Waals surface area contributed by atoms with Gasteiger partial charge in [-0.3, -0.25) is 13.9 Å². The number of halogens is 1. The minimum Gasteiger partial charge on any atom is -0.497 e. The van der Waals surface area contributed by atoms with Gasteiger partial charge in [-0.2, -0.15) is 0 Å². The summed E-state index contributed by atoms with van der Waals surface area (Å²) in [5, 5.41) is 2.87. The van der Waals surface area contributed by atoms with E-state index in [1.54, 1.807) is 12.1 Å². The number of nitrogens with one attached hydrogen (secondary N) is 1. The quantitative estimate of drug-likeness (QED) is 0.159. The summed E-state index contributed by atoms with van der Waals surface area (Å²) in [4.78, 5) is 29.5. The van der Waals surface area contributed by atoms with Crippen molar-refractivity contribution in [1.29, 1.82) is 0 Å². The average Bonchev–Trinajstić information content (AvgIpc) is 3.14. The number of hydrogen-bond acceptors (Lipinski definition) is 8. The van der Waals surface area contributed by atoms with Gasteiger partial charge in [-0.1, -0.05) is 55.5 Å². The fourth-order valence-corrected chi connectivity index (χ4v) is 6.77. The number of carbonyl (C=O) groups is 2. The molecule has 4 aromatic carbocycles. The van der Waals surface area contributed by atoms with Crippen LogP contribution in [0.25, 0.3) is 0 Å². The Hall–Kier alpha value is -5.30. The molecule has 0 aliphatic rings. The van der Waals surface area contributed by atoms with Crippen molar-refractivity contribution in [2.24, 2.45) is 0 Å². The number of ether oxygens (including phenoxy) is 4. The standard InChI is InChI=1S/C37H42FN3O8S/c1-6-20-39-37(43)32(21-26-12-8-7-9-13-26)40(24-27-14-10-11-15-30(27)38)36(42)25-41(31-22-28(46-2)16-18-33(31)47-3)50(44,45)29-17-19-34(48-4)35(23-29)49-5/h7-19,22-23,32H,6,20-21,24-25H2,1-5H3,(H,39,43)/t32-/m1/s1. The second-order valence-corrected chi connectivity index (χ2v) is 13.0. The highest BCUT2D eigenvalue weighted by Crippen LogP contribution is 2.38. The van der Waals surface area contributed by atoms with E-state index in [2.05, 4.69) is 5.32 Å². The predicted octanol–water partition coefficient (Wildman–Crippen LogP) is 5.22. The molecule has 1 atom stereocenters. The summed E-state index contributed by atoms with van der Waals surface area (Å²) in [5.41, 5.74) is 0.895. The fourth-order valence-electron chi connectivity index (χ4n) is 5.34. The molecule has 0 bridgehead atoms. The van der Waals surface area contributed by atoms with E-state index in [-0.39, 0.29) is 40.6 Å². The Morgan fingerprint density at radius 1 is 0.800 bits per heavy atom. The maximum atomic E-state index is 15.2. The Balaban J connectivity index is 1.90. The van der Waals surface area contributed by atoms with Crippen molar-refractivity contribution in [3.63, 3.8) is 0 Å². The van der Waals surface area contributed by atoms with Gasteiger partial charge in [-0.05, 0) is 42.3 Å². The van der Waals surface area contributed by atoms with E-state index in [4.69, 9.17) is 18.9 Å². The van der Waals surface area contributed by atoms with Crippen LogP contribution in [-0.4, -0.2) is 72.7 Å². The Bertz CT molecular complexity index is 1870. The van der Waals surface area contributed by atoms with Crippen LogP contribution in [0.3, 0.4) is 0 Å². The van der Waals surface area contributed by atoms with Crippen LogP contribution in [0.2, 0.25) is 0 Å². The van der Waals surface area contributed by atoms with Gasteiger partial charge >= 0.3 is 0 Å². The molecule has 0 heterocycles. The lowest BCUT2D eigenvalue weighted by Gasteiger charge is -2.34. The van der Waals surface area contributed by atoms with Gasteiger partial charge < -0.3 is 29.2 Å². The Morgan fingerprint density at radius 3 is 2.10 bits per heavy atom. The number of nitrogens with zero attached hydrogens (tertiary/aromatic N) is 2.